The van der Waals surface area contributed by atoms with Gasteiger partial charge in [-0.25, -0.2) is 18.4 Å². The lowest BCUT2D eigenvalue weighted by atomic mass is 10.1. The van der Waals surface area contributed by atoms with Crippen molar-refractivity contribution < 1.29 is 8.42 Å². The van der Waals surface area contributed by atoms with Gasteiger partial charge in [0, 0.05) is 0 Å². The Balaban J connectivity index is 1.97. The topological polar surface area (TPSA) is 94.5 Å². The Hall–Kier alpha value is -2.23. The van der Waals surface area contributed by atoms with Crippen molar-refractivity contribution >= 4 is 44.3 Å². The standard InChI is InChI=1S/C24H30Cl2N6O2S/c1-5-9-15-13-19-27-21(25)23(31(19)29-17(15)11-7-3)35(33,34)24-22(26)28-20-14-16(10-6-2)18(12-8-4)30-32(20)24/h13-14H,5-12H2,1-4H3. The fraction of sp³-hybridized carbons (Fsp3) is 0.500. The van der Waals surface area contributed by atoms with Crippen LogP contribution in [0.3, 0.4) is 0 Å². The Morgan fingerprint density at radius 1 is 0.686 bits per heavy atom. The van der Waals surface area contributed by atoms with Crippen LogP contribution in [-0.4, -0.2) is 37.6 Å². The predicted molar refractivity (Wildman–Crippen MR) is 137 cm³/mol. The summed E-state index contributed by atoms with van der Waals surface area (Å²) in [5.74, 6) is 0. The van der Waals surface area contributed by atoms with E-state index in [1.165, 1.54) is 9.03 Å². The number of imidazole rings is 2. The molecule has 0 amide bonds. The van der Waals surface area contributed by atoms with Gasteiger partial charge in [0.15, 0.2) is 21.6 Å². The van der Waals surface area contributed by atoms with E-state index in [4.69, 9.17) is 23.2 Å². The van der Waals surface area contributed by atoms with Crippen molar-refractivity contribution in [3.05, 3.63) is 45.0 Å². The van der Waals surface area contributed by atoms with E-state index in [-0.39, 0.29) is 20.4 Å². The van der Waals surface area contributed by atoms with Gasteiger partial charge >= 0.3 is 0 Å². The molecule has 0 unspecified atom stereocenters. The minimum Gasteiger partial charge on any atom is -0.215 e. The molecule has 0 aliphatic heterocycles. The number of halogens is 2. The van der Waals surface area contributed by atoms with Crippen molar-refractivity contribution in [3.8, 4) is 0 Å². The van der Waals surface area contributed by atoms with Gasteiger partial charge in [-0.05, 0) is 48.9 Å². The summed E-state index contributed by atoms with van der Waals surface area (Å²) in [5.41, 5.74) is 4.54. The number of hydrogen-bond donors (Lipinski definition) is 0. The van der Waals surface area contributed by atoms with E-state index in [2.05, 4.69) is 47.9 Å². The molecule has 0 saturated heterocycles. The summed E-state index contributed by atoms with van der Waals surface area (Å²) in [6.45, 7) is 8.30. The average molecular weight is 538 g/mol. The highest BCUT2D eigenvalue weighted by atomic mass is 35.5. The molecule has 4 heterocycles. The van der Waals surface area contributed by atoms with Gasteiger partial charge < -0.3 is 0 Å². The molecule has 35 heavy (non-hydrogen) atoms. The smallest absolute Gasteiger partial charge is 0.215 e. The van der Waals surface area contributed by atoms with E-state index in [0.717, 1.165) is 73.9 Å². The van der Waals surface area contributed by atoms with Crippen LogP contribution in [0.25, 0.3) is 11.3 Å². The lowest BCUT2D eigenvalue weighted by Crippen LogP contribution is -2.14. The number of sulfone groups is 1. The lowest BCUT2D eigenvalue weighted by molar-refractivity contribution is 0.578. The Morgan fingerprint density at radius 3 is 1.40 bits per heavy atom. The molecule has 0 aliphatic carbocycles. The summed E-state index contributed by atoms with van der Waals surface area (Å²) in [7, 11) is -4.27. The molecule has 0 aliphatic rings. The predicted octanol–water partition coefficient (Wildman–Crippen LogP) is 5.72. The number of aryl methyl sites for hydroxylation is 4. The highest BCUT2D eigenvalue weighted by Gasteiger charge is 2.34. The van der Waals surface area contributed by atoms with Crippen molar-refractivity contribution in [2.75, 3.05) is 0 Å². The summed E-state index contributed by atoms with van der Waals surface area (Å²) in [4.78, 5) is 8.64. The normalized spacial score (nSPS) is 12.3. The summed E-state index contributed by atoms with van der Waals surface area (Å²) >= 11 is 12.9. The van der Waals surface area contributed by atoms with Crippen LogP contribution in [0.5, 0.6) is 0 Å². The first kappa shape index (κ1) is 25.9. The fourth-order valence-electron chi connectivity index (χ4n) is 4.41. The summed E-state index contributed by atoms with van der Waals surface area (Å²) in [6.07, 6.45) is 6.74. The number of hydrogen-bond acceptors (Lipinski definition) is 6. The summed E-state index contributed by atoms with van der Waals surface area (Å²) in [5, 5.41) is 8.58. The van der Waals surface area contributed by atoms with Crippen LogP contribution in [0, 0.1) is 0 Å². The minimum absolute atomic E-state index is 0.156. The number of aromatic nitrogens is 6. The van der Waals surface area contributed by atoms with Gasteiger partial charge in [-0.15, -0.1) is 0 Å². The molecular weight excluding hydrogens is 507 g/mol. The fourth-order valence-corrected chi connectivity index (χ4v) is 6.79. The Bertz CT molecular complexity index is 1390. The van der Waals surface area contributed by atoms with Crippen LogP contribution >= 0.6 is 23.2 Å². The molecule has 0 bridgehead atoms. The van der Waals surface area contributed by atoms with E-state index in [1.807, 2.05) is 12.1 Å². The first-order valence-corrected chi connectivity index (χ1v) is 14.4. The van der Waals surface area contributed by atoms with Gasteiger partial charge in [0.1, 0.15) is 0 Å². The molecule has 0 aromatic carbocycles. The van der Waals surface area contributed by atoms with Crippen LogP contribution in [0.15, 0.2) is 22.2 Å². The second kappa shape index (κ2) is 10.4. The van der Waals surface area contributed by atoms with Gasteiger partial charge in [0.2, 0.25) is 19.9 Å². The largest absolute Gasteiger partial charge is 0.247 e. The van der Waals surface area contributed by atoms with Crippen molar-refractivity contribution in [1.29, 1.82) is 0 Å². The molecule has 188 valence electrons. The highest BCUT2D eigenvalue weighted by Crippen LogP contribution is 2.33. The Morgan fingerprint density at radius 2 is 1.06 bits per heavy atom. The first-order valence-electron chi connectivity index (χ1n) is 12.2. The highest BCUT2D eigenvalue weighted by molar-refractivity contribution is 7.91. The van der Waals surface area contributed by atoms with Gasteiger partial charge in [-0.1, -0.05) is 76.6 Å². The quantitative estimate of drug-likeness (QED) is 0.257. The molecule has 0 spiro atoms. The Kier molecular flexibility index (Phi) is 7.68. The van der Waals surface area contributed by atoms with Crippen molar-refractivity contribution in [1.82, 2.24) is 29.2 Å². The second-order valence-corrected chi connectivity index (χ2v) is 11.2. The third kappa shape index (κ3) is 4.66. The SMILES string of the molecule is CCCc1cc2nc(Cl)c(S(=O)(=O)c3c(Cl)nc4cc(CCC)c(CCC)nn34)n2nc1CCC. The number of nitrogens with zero attached hydrogens (tertiary/aromatic N) is 6. The first-order chi connectivity index (χ1) is 16.8. The number of rotatable bonds is 10. The van der Waals surface area contributed by atoms with Crippen LogP contribution < -0.4 is 0 Å². The second-order valence-electron chi connectivity index (χ2n) is 8.69. The average Bonchev–Trinajstić information content (AvgIpc) is 3.30. The zero-order valence-corrected chi connectivity index (χ0v) is 22.8. The maximum Gasteiger partial charge on any atom is 0.247 e. The third-order valence-electron chi connectivity index (χ3n) is 5.91. The molecular formula is C24H30Cl2N6O2S. The maximum absolute atomic E-state index is 14.0. The van der Waals surface area contributed by atoms with Crippen molar-refractivity contribution in [3.63, 3.8) is 0 Å². The van der Waals surface area contributed by atoms with E-state index in [0.29, 0.717) is 11.3 Å². The van der Waals surface area contributed by atoms with Crippen LogP contribution in [-0.2, 0) is 35.5 Å². The molecule has 0 N–H and O–H groups in total. The van der Waals surface area contributed by atoms with Crippen LogP contribution in [0.2, 0.25) is 10.3 Å². The van der Waals surface area contributed by atoms with E-state index < -0.39 is 9.84 Å². The maximum atomic E-state index is 14.0. The van der Waals surface area contributed by atoms with E-state index in [1.54, 1.807) is 0 Å². The third-order valence-corrected chi connectivity index (χ3v) is 8.41. The molecule has 11 heteroatoms. The van der Waals surface area contributed by atoms with Gasteiger partial charge in [-0.2, -0.15) is 19.2 Å². The van der Waals surface area contributed by atoms with E-state index in [9.17, 15) is 8.42 Å². The molecule has 0 radical (unpaired) electrons. The van der Waals surface area contributed by atoms with E-state index >= 15 is 0 Å². The summed E-state index contributed by atoms with van der Waals surface area (Å²) in [6, 6.07) is 3.74. The molecule has 8 nitrogen and oxygen atoms in total. The molecule has 4 rings (SSSR count). The van der Waals surface area contributed by atoms with Gasteiger partial charge in [0.05, 0.1) is 11.4 Å². The molecule has 4 aromatic rings. The molecule has 0 fully saturated rings. The minimum atomic E-state index is -4.27. The van der Waals surface area contributed by atoms with Crippen LogP contribution in [0.4, 0.5) is 0 Å². The van der Waals surface area contributed by atoms with Crippen molar-refractivity contribution in [2.24, 2.45) is 0 Å². The number of fused-ring (bicyclic) bond motifs is 2. The zero-order chi connectivity index (χ0) is 25.3. The van der Waals surface area contributed by atoms with Gasteiger partial charge in [0.25, 0.3) is 0 Å². The van der Waals surface area contributed by atoms with Crippen LogP contribution in [0.1, 0.15) is 75.9 Å². The summed E-state index contributed by atoms with van der Waals surface area (Å²) < 4.78 is 30.7. The zero-order valence-electron chi connectivity index (χ0n) is 20.5. The van der Waals surface area contributed by atoms with Gasteiger partial charge in [-0.3, -0.25) is 0 Å². The molecule has 0 saturated carbocycles. The lowest BCUT2D eigenvalue weighted by Gasteiger charge is -2.11. The Labute approximate surface area is 215 Å². The monoisotopic (exact) mass is 536 g/mol. The van der Waals surface area contributed by atoms with Crippen molar-refractivity contribution in [2.45, 2.75) is 89.1 Å². The molecule has 0 atom stereocenters. The molecule has 4 aromatic heterocycles.